The van der Waals surface area contributed by atoms with Gasteiger partial charge in [0.25, 0.3) is 0 Å². The molecule has 0 saturated heterocycles. The number of benzene rings is 1. The van der Waals surface area contributed by atoms with E-state index in [4.69, 9.17) is 4.74 Å². The maximum absolute atomic E-state index is 9.82. The molecule has 5 heteroatoms. The lowest BCUT2D eigenvalue weighted by atomic mass is 10.2. The monoisotopic (exact) mass is 336 g/mol. The highest BCUT2D eigenvalue weighted by Crippen LogP contribution is 2.26. The Balaban J connectivity index is 2.12. The quantitative estimate of drug-likeness (QED) is 0.867. The van der Waals surface area contributed by atoms with Gasteiger partial charge in [-0.15, -0.1) is 0 Å². The molecule has 1 aromatic heterocycles. The Morgan fingerprint density at radius 3 is 2.90 bits per heavy atom. The SMILES string of the molecule is CC(C)Oc1ncccc1NCc1cc(Br)ccc1O. The number of hydrogen-bond acceptors (Lipinski definition) is 4. The maximum atomic E-state index is 9.82. The summed E-state index contributed by atoms with van der Waals surface area (Å²) in [5.41, 5.74) is 1.61. The van der Waals surface area contributed by atoms with Crippen LogP contribution in [0.1, 0.15) is 19.4 Å². The second-order valence-electron chi connectivity index (χ2n) is 4.65. The Labute approximate surface area is 126 Å². The summed E-state index contributed by atoms with van der Waals surface area (Å²) in [7, 11) is 0. The summed E-state index contributed by atoms with van der Waals surface area (Å²) in [5, 5.41) is 13.1. The highest BCUT2D eigenvalue weighted by atomic mass is 79.9. The topological polar surface area (TPSA) is 54.4 Å². The molecule has 2 rings (SSSR count). The van der Waals surface area contributed by atoms with E-state index < -0.39 is 0 Å². The molecule has 0 aliphatic carbocycles. The molecule has 1 aromatic carbocycles. The lowest BCUT2D eigenvalue weighted by molar-refractivity contribution is 0.234. The van der Waals surface area contributed by atoms with Crippen molar-refractivity contribution in [3.63, 3.8) is 0 Å². The fraction of sp³-hybridized carbons (Fsp3) is 0.267. The van der Waals surface area contributed by atoms with Crippen molar-refractivity contribution in [2.75, 3.05) is 5.32 Å². The van der Waals surface area contributed by atoms with Crippen LogP contribution in [0.5, 0.6) is 11.6 Å². The van der Waals surface area contributed by atoms with Crippen molar-refractivity contribution in [1.29, 1.82) is 0 Å². The van der Waals surface area contributed by atoms with Gasteiger partial charge >= 0.3 is 0 Å². The summed E-state index contributed by atoms with van der Waals surface area (Å²) in [6.07, 6.45) is 1.75. The number of ether oxygens (including phenoxy) is 1. The zero-order valence-corrected chi connectivity index (χ0v) is 13.0. The number of nitrogens with one attached hydrogen (secondary N) is 1. The lowest BCUT2D eigenvalue weighted by Gasteiger charge is -2.14. The van der Waals surface area contributed by atoms with E-state index in [9.17, 15) is 5.11 Å². The van der Waals surface area contributed by atoms with E-state index in [2.05, 4.69) is 26.2 Å². The molecule has 0 aliphatic heterocycles. The lowest BCUT2D eigenvalue weighted by Crippen LogP contribution is -2.10. The normalized spacial score (nSPS) is 10.6. The molecule has 0 amide bonds. The smallest absolute Gasteiger partial charge is 0.237 e. The van der Waals surface area contributed by atoms with E-state index in [0.717, 1.165) is 15.7 Å². The number of pyridine rings is 1. The number of phenols is 1. The fourth-order valence-corrected chi connectivity index (χ4v) is 2.14. The highest BCUT2D eigenvalue weighted by Gasteiger charge is 2.08. The molecule has 0 radical (unpaired) electrons. The average Bonchev–Trinajstić information content (AvgIpc) is 2.41. The van der Waals surface area contributed by atoms with Crippen LogP contribution in [-0.2, 0) is 6.54 Å². The van der Waals surface area contributed by atoms with E-state index >= 15 is 0 Å². The van der Waals surface area contributed by atoms with Crippen molar-refractivity contribution in [2.45, 2.75) is 26.5 Å². The van der Waals surface area contributed by atoms with E-state index in [-0.39, 0.29) is 11.9 Å². The van der Waals surface area contributed by atoms with Gasteiger partial charge in [0.1, 0.15) is 5.75 Å². The van der Waals surface area contributed by atoms with Crippen LogP contribution in [0.2, 0.25) is 0 Å². The van der Waals surface area contributed by atoms with Crippen LogP contribution in [-0.4, -0.2) is 16.2 Å². The van der Waals surface area contributed by atoms with Crippen molar-refractivity contribution < 1.29 is 9.84 Å². The van der Waals surface area contributed by atoms with E-state index in [0.29, 0.717) is 12.4 Å². The first-order chi connectivity index (χ1) is 9.56. The number of phenolic OH excluding ortho intramolecular Hbond substituents is 1. The molecule has 0 spiro atoms. The fourth-order valence-electron chi connectivity index (χ4n) is 1.73. The first-order valence-corrected chi connectivity index (χ1v) is 7.18. The number of aromatic hydroxyl groups is 1. The van der Waals surface area contributed by atoms with E-state index in [1.165, 1.54) is 0 Å². The third-order valence-corrected chi connectivity index (χ3v) is 3.12. The van der Waals surface area contributed by atoms with Gasteiger partial charge in [0.2, 0.25) is 5.88 Å². The van der Waals surface area contributed by atoms with Gasteiger partial charge in [-0.2, -0.15) is 0 Å². The van der Waals surface area contributed by atoms with Gasteiger partial charge in [-0.25, -0.2) is 4.98 Å². The Morgan fingerprint density at radius 2 is 2.15 bits per heavy atom. The minimum absolute atomic E-state index is 0.0599. The minimum Gasteiger partial charge on any atom is -0.508 e. The Morgan fingerprint density at radius 1 is 1.35 bits per heavy atom. The van der Waals surface area contributed by atoms with Crippen LogP contribution in [0.4, 0.5) is 5.69 Å². The minimum atomic E-state index is 0.0599. The van der Waals surface area contributed by atoms with Crippen LogP contribution in [0.15, 0.2) is 41.0 Å². The molecular formula is C15H17BrN2O2. The van der Waals surface area contributed by atoms with Crippen molar-refractivity contribution in [2.24, 2.45) is 0 Å². The number of aromatic nitrogens is 1. The average molecular weight is 337 g/mol. The van der Waals surface area contributed by atoms with Crippen molar-refractivity contribution in [1.82, 2.24) is 4.98 Å². The van der Waals surface area contributed by atoms with Gasteiger partial charge in [-0.05, 0) is 44.2 Å². The molecule has 20 heavy (non-hydrogen) atoms. The van der Waals surface area contributed by atoms with E-state index in [1.807, 2.05) is 32.0 Å². The summed E-state index contributed by atoms with van der Waals surface area (Å²) in [4.78, 5) is 4.21. The Hall–Kier alpha value is -1.75. The summed E-state index contributed by atoms with van der Waals surface area (Å²) in [6.45, 7) is 4.41. The zero-order chi connectivity index (χ0) is 14.5. The van der Waals surface area contributed by atoms with Crippen molar-refractivity contribution >= 4 is 21.6 Å². The van der Waals surface area contributed by atoms with Gasteiger partial charge < -0.3 is 15.2 Å². The predicted molar refractivity (Wildman–Crippen MR) is 83.1 cm³/mol. The standard InChI is InChI=1S/C15H17BrN2O2/c1-10(2)20-15-13(4-3-7-17-15)18-9-11-8-12(16)5-6-14(11)19/h3-8,10,18-19H,9H2,1-2H3. The maximum Gasteiger partial charge on any atom is 0.237 e. The molecule has 1 heterocycles. The van der Waals surface area contributed by atoms with Crippen LogP contribution < -0.4 is 10.1 Å². The molecule has 2 N–H and O–H groups in total. The molecule has 106 valence electrons. The van der Waals surface area contributed by atoms with Crippen LogP contribution in [0, 0.1) is 0 Å². The van der Waals surface area contributed by atoms with Gasteiger partial charge in [-0.3, -0.25) is 0 Å². The summed E-state index contributed by atoms with van der Waals surface area (Å²) < 4.78 is 6.57. The molecule has 0 atom stereocenters. The third kappa shape index (κ3) is 3.87. The second kappa shape index (κ2) is 6.61. The zero-order valence-electron chi connectivity index (χ0n) is 11.4. The van der Waals surface area contributed by atoms with E-state index in [1.54, 1.807) is 18.3 Å². The number of anilines is 1. The first-order valence-electron chi connectivity index (χ1n) is 6.39. The van der Waals surface area contributed by atoms with Gasteiger partial charge in [-0.1, -0.05) is 15.9 Å². The van der Waals surface area contributed by atoms with Gasteiger partial charge in [0.05, 0.1) is 11.8 Å². The first kappa shape index (κ1) is 14.7. The predicted octanol–water partition coefficient (Wildman–Crippen LogP) is 3.95. The van der Waals surface area contributed by atoms with Gasteiger partial charge in [0, 0.05) is 22.8 Å². The second-order valence-corrected chi connectivity index (χ2v) is 5.56. The highest BCUT2D eigenvalue weighted by molar-refractivity contribution is 9.10. The molecule has 0 fully saturated rings. The molecule has 4 nitrogen and oxygen atoms in total. The van der Waals surface area contributed by atoms with Crippen LogP contribution in [0.3, 0.4) is 0 Å². The summed E-state index contributed by atoms with van der Waals surface area (Å²) in [5.74, 6) is 0.827. The molecular weight excluding hydrogens is 320 g/mol. The van der Waals surface area contributed by atoms with Gasteiger partial charge in [0.15, 0.2) is 0 Å². The summed E-state index contributed by atoms with van der Waals surface area (Å²) in [6, 6.07) is 9.09. The number of hydrogen-bond donors (Lipinski definition) is 2. The molecule has 0 bridgehead atoms. The molecule has 0 aliphatic rings. The number of nitrogens with zero attached hydrogens (tertiary/aromatic N) is 1. The summed E-state index contributed by atoms with van der Waals surface area (Å²) >= 11 is 3.39. The third-order valence-electron chi connectivity index (χ3n) is 2.63. The molecule has 0 saturated carbocycles. The van der Waals surface area contributed by atoms with Crippen LogP contribution in [0.25, 0.3) is 0 Å². The van der Waals surface area contributed by atoms with Crippen molar-refractivity contribution in [3.8, 4) is 11.6 Å². The van der Waals surface area contributed by atoms with Crippen molar-refractivity contribution in [3.05, 3.63) is 46.6 Å². The largest absolute Gasteiger partial charge is 0.508 e. The Kier molecular flexibility index (Phi) is 4.84. The number of halogens is 1. The molecule has 0 unspecified atom stereocenters. The van der Waals surface area contributed by atoms with Crippen LogP contribution >= 0.6 is 15.9 Å². The number of rotatable bonds is 5. The molecule has 2 aromatic rings. The Bertz CT molecular complexity index is 588.